The van der Waals surface area contributed by atoms with Crippen molar-refractivity contribution in [1.29, 1.82) is 0 Å². The van der Waals surface area contributed by atoms with E-state index in [2.05, 4.69) is 24.1 Å². The van der Waals surface area contributed by atoms with Crippen LogP contribution in [0.5, 0.6) is 11.5 Å². The molecule has 2 aliphatic heterocycles. The van der Waals surface area contributed by atoms with Crippen LogP contribution in [0.2, 0.25) is 0 Å². The zero-order valence-electron chi connectivity index (χ0n) is 14.2. The lowest BCUT2D eigenvalue weighted by Gasteiger charge is -2.58. The first-order valence-electron chi connectivity index (χ1n) is 8.58. The van der Waals surface area contributed by atoms with Crippen LogP contribution in [-0.4, -0.2) is 53.8 Å². The first-order valence-corrected chi connectivity index (χ1v) is 9.01. The molecule has 1 saturated heterocycles. The van der Waals surface area contributed by atoms with Crippen LogP contribution in [0.15, 0.2) is 23.8 Å². The van der Waals surface area contributed by atoms with E-state index in [0.717, 1.165) is 30.9 Å². The van der Waals surface area contributed by atoms with Gasteiger partial charge in [-0.15, -0.1) is 11.6 Å². The smallest absolute Gasteiger partial charge is 0.166 e. The Hall–Kier alpha value is -1.23. The van der Waals surface area contributed by atoms with Gasteiger partial charge in [-0.2, -0.15) is 0 Å². The number of likely N-dealkylation sites (tertiary alicyclic amines) is 1. The van der Waals surface area contributed by atoms with E-state index in [1.807, 2.05) is 13.0 Å². The van der Waals surface area contributed by atoms with E-state index >= 15 is 0 Å². The molecule has 24 heavy (non-hydrogen) atoms. The largest absolute Gasteiger partial charge is 0.493 e. The van der Waals surface area contributed by atoms with Crippen molar-refractivity contribution in [3.63, 3.8) is 0 Å². The van der Waals surface area contributed by atoms with Gasteiger partial charge in [0.25, 0.3) is 0 Å². The summed E-state index contributed by atoms with van der Waals surface area (Å²) in [7, 11) is 3.84. The van der Waals surface area contributed by atoms with Gasteiger partial charge in [-0.25, -0.2) is 0 Å². The molecule has 1 aromatic rings. The summed E-state index contributed by atoms with van der Waals surface area (Å²) in [5, 5.41) is 10.6. The van der Waals surface area contributed by atoms with Gasteiger partial charge in [-0.3, -0.25) is 4.90 Å². The lowest BCUT2D eigenvalue weighted by molar-refractivity contribution is -0.0853. The van der Waals surface area contributed by atoms with Crippen molar-refractivity contribution in [2.75, 3.05) is 20.7 Å². The Morgan fingerprint density at radius 3 is 2.96 bits per heavy atom. The van der Waals surface area contributed by atoms with Crippen LogP contribution in [-0.2, 0) is 11.8 Å². The van der Waals surface area contributed by atoms with E-state index in [4.69, 9.17) is 21.1 Å². The van der Waals surface area contributed by atoms with Gasteiger partial charge in [0.15, 0.2) is 11.5 Å². The highest BCUT2D eigenvalue weighted by Gasteiger charge is 2.70. The molecule has 0 saturated carbocycles. The van der Waals surface area contributed by atoms with Gasteiger partial charge in [-0.1, -0.05) is 12.1 Å². The number of nitrogens with zero attached hydrogens (tertiary/aromatic N) is 1. The molecule has 1 fully saturated rings. The summed E-state index contributed by atoms with van der Waals surface area (Å²) in [5.41, 5.74) is 2.80. The quantitative estimate of drug-likeness (QED) is 0.625. The predicted molar refractivity (Wildman–Crippen MR) is 92.2 cm³/mol. The van der Waals surface area contributed by atoms with Crippen molar-refractivity contribution in [3.05, 3.63) is 34.9 Å². The minimum absolute atomic E-state index is 0.299. The third kappa shape index (κ3) is 1.41. The second kappa shape index (κ2) is 4.48. The molecule has 1 spiro atoms. The van der Waals surface area contributed by atoms with Crippen LogP contribution >= 0.6 is 11.6 Å². The molecular formula is C19H22ClNO3. The van der Waals surface area contributed by atoms with E-state index in [1.54, 1.807) is 7.11 Å². The molecule has 0 unspecified atom stereocenters. The second-order valence-electron chi connectivity index (χ2n) is 7.71. The van der Waals surface area contributed by atoms with Gasteiger partial charge in [-0.05, 0) is 50.6 Å². The third-order valence-electron chi connectivity index (χ3n) is 6.86. The van der Waals surface area contributed by atoms with Crippen LogP contribution in [0.1, 0.15) is 24.5 Å². The highest BCUT2D eigenvalue weighted by atomic mass is 35.5. The summed E-state index contributed by atoms with van der Waals surface area (Å²) in [6.07, 6.45) is 3.22. The SMILES string of the molecule is COc1ccc2c3c1O[C@]1(C)[C@@H](O)[C@@H](Cl)C=C4[C@@H](C2)N(C)CC[C@]431. The zero-order chi connectivity index (χ0) is 16.9. The number of ether oxygens (including phenoxy) is 2. The van der Waals surface area contributed by atoms with Gasteiger partial charge in [0.1, 0.15) is 11.7 Å². The minimum Gasteiger partial charge on any atom is -0.493 e. The number of rotatable bonds is 1. The molecule has 1 N–H and O–H groups in total. The number of hydrogen-bond donors (Lipinski definition) is 1. The van der Waals surface area contributed by atoms with E-state index in [1.165, 1.54) is 16.7 Å². The fourth-order valence-corrected chi connectivity index (χ4v) is 6.00. The monoisotopic (exact) mass is 347 g/mol. The Morgan fingerprint density at radius 2 is 2.21 bits per heavy atom. The van der Waals surface area contributed by atoms with Crippen molar-refractivity contribution in [2.45, 2.75) is 48.3 Å². The summed E-state index contributed by atoms with van der Waals surface area (Å²) in [4.78, 5) is 2.41. The number of aliphatic hydroxyl groups excluding tert-OH is 1. The summed E-state index contributed by atoms with van der Waals surface area (Å²) >= 11 is 6.53. The second-order valence-corrected chi connectivity index (χ2v) is 8.21. The number of piperidine rings is 1. The first kappa shape index (κ1) is 15.1. The lowest BCUT2D eigenvalue weighted by Crippen LogP contribution is -2.69. The van der Waals surface area contributed by atoms with E-state index in [0.29, 0.717) is 6.04 Å². The number of methoxy groups -OCH3 is 1. The highest BCUT2D eigenvalue weighted by molar-refractivity contribution is 6.22. The topological polar surface area (TPSA) is 41.9 Å². The molecule has 0 aromatic heterocycles. The molecule has 2 aliphatic carbocycles. The van der Waals surface area contributed by atoms with Gasteiger partial charge < -0.3 is 14.6 Å². The molecule has 128 valence electrons. The van der Waals surface area contributed by atoms with Crippen LogP contribution < -0.4 is 9.47 Å². The van der Waals surface area contributed by atoms with Gasteiger partial charge in [0.2, 0.25) is 0 Å². The lowest BCUT2D eigenvalue weighted by atomic mass is 9.51. The molecule has 2 bridgehead atoms. The van der Waals surface area contributed by atoms with Crippen LogP contribution in [0.25, 0.3) is 0 Å². The van der Waals surface area contributed by atoms with Gasteiger partial charge in [0, 0.05) is 11.6 Å². The minimum atomic E-state index is -0.755. The summed E-state index contributed by atoms with van der Waals surface area (Å²) in [6.45, 7) is 3.01. The summed E-state index contributed by atoms with van der Waals surface area (Å²) < 4.78 is 12.1. The van der Waals surface area contributed by atoms with E-state index in [-0.39, 0.29) is 5.41 Å². The van der Waals surface area contributed by atoms with E-state index in [9.17, 15) is 5.11 Å². The fraction of sp³-hybridized carbons (Fsp3) is 0.579. The molecule has 4 aliphatic rings. The summed E-state index contributed by atoms with van der Waals surface area (Å²) in [5.74, 6) is 1.55. The first-order chi connectivity index (χ1) is 11.4. The highest BCUT2D eigenvalue weighted by Crippen LogP contribution is 2.66. The van der Waals surface area contributed by atoms with Crippen molar-refractivity contribution in [3.8, 4) is 11.5 Å². The third-order valence-corrected chi connectivity index (χ3v) is 7.22. The average Bonchev–Trinajstić information content (AvgIpc) is 2.84. The number of benzene rings is 1. The van der Waals surface area contributed by atoms with Crippen LogP contribution in [0, 0.1) is 0 Å². The summed E-state index contributed by atoms with van der Waals surface area (Å²) in [6, 6.07) is 4.47. The van der Waals surface area contributed by atoms with E-state index < -0.39 is 17.1 Å². The maximum absolute atomic E-state index is 11.0. The number of hydrogen-bond acceptors (Lipinski definition) is 4. The van der Waals surface area contributed by atoms with Crippen molar-refractivity contribution >= 4 is 11.6 Å². The molecule has 1 aromatic carbocycles. The number of aliphatic hydroxyl groups is 1. The average molecular weight is 348 g/mol. The maximum atomic E-state index is 11.0. The Bertz CT molecular complexity index is 778. The number of likely N-dealkylation sites (N-methyl/N-ethyl adjacent to an activating group) is 1. The molecule has 2 heterocycles. The van der Waals surface area contributed by atoms with Crippen molar-refractivity contribution < 1.29 is 14.6 Å². The molecule has 0 radical (unpaired) electrons. The predicted octanol–water partition coefficient (Wildman–Crippen LogP) is 2.25. The van der Waals surface area contributed by atoms with Gasteiger partial charge >= 0.3 is 0 Å². The molecule has 5 atom stereocenters. The molecule has 5 heteroatoms. The molecule has 4 nitrogen and oxygen atoms in total. The molecular weight excluding hydrogens is 326 g/mol. The normalized spacial score (nSPS) is 42.2. The Kier molecular flexibility index (Phi) is 2.81. The maximum Gasteiger partial charge on any atom is 0.166 e. The number of alkyl halides is 1. The Balaban J connectivity index is 1.89. The zero-order valence-corrected chi connectivity index (χ0v) is 14.9. The van der Waals surface area contributed by atoms with Crippen LogP contribution in [0.3, 0.4) is 0 Å². The Labute approximate surface area is 147 Å². The molecule has 0 amide bonds. The van der Waals surface area contributed by atoms with Crippen LogP contribution in [0.4, 0.5) is 0 Å². The fourth-order valence-electron chi connectivity index (χ4n) is 5.63. The van der Waals surface area contributed by atoms with Crippen molar-refractivity contribution in [1.82, 2.24) is 4.90 Å². The van der Waals surface area contributed by atoms with Gasteiger partial charge in [0.05, 0.1) is 17.9 Å². The van der Waals surface area contributed by atoms with Crippen molar-refractivity contribution in [2.24, 2.45) is 0 Å². The number of halogens is 1. The Morgan fingerprint density at radius 1 is 1.42 bits per heavy atom. The standard InChI is InChI=1S/C19H22ClNO3/c1-18-17(22)12(20)9-11-13-8-10-4-5-14(23-3)16(24-18)15(10)19(11,18)6-7-21(13)2/h4-5,9,12-13,17,22H,6-8H2,1-3H3/t12-,13+,17-,18+,19-/m0/s1. The molecule has 5 rings (SSSR count).